The van der Waals surface area contributed by atoms with Gasteiger partial charge in [-0.3, -0.25) is 4.79 Å². The Morgan fingerprint density at radius 3 is 3.00 bits per heavy atom. The van der Waals surface area contributed by atoms with Crippen LogP contribution in [0.15, 0.2) is 18.5 Å². The largest absolute Gasteiger partial charge is 0.368 e. The van der Waals surface area contributed by atoms with E-state index < -0.39 is 0 Å². The number of nitrogens with one attached hydrogen (secondary N) is 1. The van der Waals surface area contributed by atoms with Crippen LogP contribution >= 0.6 is 0 Å². The van der Waals surface area contributed by atoms with E-state index in [0.29, 0.717) is 18.2 Å². The summed E-state index contributed by atoms with van der Waals surface area (Å²) in [6.45, 7) is 5.60. The maximum Gasteiger partial charge on any atom is 0.272 e. The van der Waals surface area contributed by atoms with Gasteiger partial charge in [0.05, 0.1) is 0 Å². The number of carbonyl (C=O) groups excluding carboxylic acids is 1. The molecule has 0 saturated carbocycles. The number of hydrogen-bond acceptors (Lipinski definition) is 5. The molecule has 1 amide bonds. The van der Waals surface area contributed by atoms with Gasteiger partial charge in [0, 0.05) is 37.1 Å². The minimum atomic E-state index is -0.0784. The van der Waals surface area contributed by atoms with Crippen LogP contribution < -0.4 is 5.73 Å². The summed E-state index contributed by atoms with van der Waals surface area (Å²) in [5.74, 6) is 1.71. The number of hydrogen-bond donors (Lipinski definition) is 2. The van der Waals surface area contributed by atoms with Crippen molar-refractivity contribution in [3.8, 4) is 0 Å². The number of piperidine rings is 1. The standard InChI is InChI=1S/C17H24N6O/c1-11(2)8-13-9-14(22-17(18)21-13)16(24)23-7-3-4-12(10-23)15-19-5-6-20-15/h5-6,9,11-12H,3-4,7-8,10H2,1-2H3,(H,19,20)(H2,18,21,22). The smallest absolute Gasteiger partial charge is 0.272 e. The topological polar surface area (TPSA) is 101 Å². The van der Waals surface area contributed by atoms with E-state index in [1.165, 1.54) is 0 Å². The zero-order chi connectivity index (χ0) is 17.1. The Morgan fingerprint density at radius 2 is 2.29 bits per heavy atom. The van der Waals surface area contributed by atoms with Crippen LogP contribution in [-0.2, 0) is 6.42 Å². The van der Waals surface area contributed by atoms with Gasteiger partial charge in [-0.15, -0.1) is 0 Å². The van der Waals surface area contributed by atoms with Crippen LogP contribution in [0.1, 0.15) is 54.6 Å². The van der Waals surface area contributed by atoms with Crippen molar-refractivity contribution in [1.82, 2.24) is 24.8 Å². The quantitative estimate of drug-likeness (QED) is 0.894. The second-order valence-corrected chi connectivity index (χ2v) is 6.77. The van der Waals surface area contributed by atoms with E-state index in [0.717, 1.165) is 37.3 Å². The number of nitrogens with two attached hydrogens (primary N) is 1. The summed E-state index contributed by atoms with van der Waals surface area (Å²) in [5.41, 5.74) is 7.01. The third kappa shape index (κ3) is 3.72. The highest BCUT2D eigenvalue weighted by atomic mass is 16.2. The summed E-state index contributed by atoms with van der Waals surface area (Å²) < 4.78 is 0. The SMILES string of the molecule is CC(C)Cc1cc(C(=O)N2CCCC(c3ncc[nH]3)C2)nc(N)n1. The Morgan fingerprint density at radius 1 is 1.46 bits per heavy atom. The van der Waals surface area contributed by atoms with E-state index in [1.807, 2.05) is 11.1 Å². The van der Waals surface area contributed by atoms with Crippen molar-refractivity contribution in [3.05, 3.63) is 35.7 Å². The van der Waals surface area contributed by atoms with Gasteiger partial charge < -0.3 is 15.6 Å². The normalized spacial score (nSPS) is 18.1. The van der Waals surface area contributed by atoms with Gasteiger partial charge in [0.1, 0.15) is 11.5 Å². The summed E-state index contributed by atoms with van der Waals surface area (Å²) in [4.78, 5) is 30.6. The Kier molecular flexibility index (Phi) is 4.78. The molecule has 0 radical (unpaired) electrons. The molecule has 0 bridgehead atoms. The van der Waals surface area contributed by atoms with Gasteiger partial charge in [-0.1, -0.05) is 13.8 Å². The fraction of sp³-hybridized carbons (Fsp3) is 0.529. The number of anilines is 1. The van der Waals surface area contributed by atoms with E-state index >= 15 is 0 Å². The highest BCUT2D eigenvalue weighted by molar-refractivity contribution is 5.92. The number of imidazole rings is 1. The summed E-state index contributed by atoms with van der Waals surface area (Å²) in [6.07, 6.45) is 6.33. The van der Waals surface area contributed by atoms with Gasteiger partial charge in [-0.25, -0.2) is 15.0 Å². The molecule has 2 aromatic heterocycles. The molecule has 1 atom stereocenters. The molecule has 3 N–H and O–H groups in total. The van der Waals surface area contributed by atoms with Gasteiger partial charge in [-0.05, 0) is 31.2 Å². The number of amides is 1. The van der Waals surface area contributed by atoms with Gasteiger partial charge in [-0.2, -0.15) is 0 Å². The Balaban J connectivity index is 1.77. The van der Waals surface area contributed by atoms with Crippen molar-refractivity contribution >= 4 is 11.9 Å². The van der Waals surface area contributed by atoms with E-state index in [-0.39, 0.29) is 17.8 Å². The van der Waals surface area contributed by atoms with Gasteiger partial charge in [0.25, 0.3) is 5.91 Å². The van der Waals surface area contributed by atoms with Crippen molar-refractivity contribution < 1.29 is 4.79 Å². The first-order valence-electron chi connectivity index (χ1n) is 8.45. The lowest BCUT2D eigenvalue weighted by Gasteiger charge is -2.31. The predicted molar refractivity (Wildman–Crippen MR) is 91.5 cm³/mol. The van der Waals surface area contributed by atoms with Crippen LogP contribution in [0, 0.1) is 5.92 Å². The van der Waals surface area contributed by atoms with Crippen molar-refractivity contribution in [2.45, 2.75) is 39.0 Å². The molecule has 0 spiro atoms. The van der Waals surface area contributed by atoms with Gasteiger partial charge in [0.2, 0.25) is 5.95 Å². The van der Waals surface area contributed by atoms with Crippen LogP contribution in [0.4, 0.5) is 5.95 Å². The first-order chi connectivity index (χ1) is 11.5. The van der Waals surface area contributed by atoms with E-state index in [4.69, 9.17) is 5.73 Å². The van der Waals surface area contributed by atoms with Gasteiger partial charge >= 0.3 is 0 Å². The lowest BCUT2D eigenvalue weighted by Crippen LogP contribution is -2.39. The average molecular weight is 328 g/mol. The molecule has 2 aromatic rings. The zero-order valence-electron chi connectivity index (χ0n) is 14.2. The molecule has 0 aliphatic carbocycles. The minimum Gasteiger partial charge on any atom is -0.368 e. The fourth-order valence-electron chi connectivity index (χ4n) is 3.20. The average Bonchev–Trinajstić information content (AvgIpc) is 3.07. The number of nitrogens with zero attached hydrogens (tertiary/aromatic N) is 4. The van der Waals surface area contributed by atoms with Crippen molar-refractivity contribution in [1.29, 1.82) is 0 Å². The fourth-order valence-corrected chi connectivity index (χ4v) is 3.20. The van der Waals surface area contributed by atoms with Crippen molar-refractivity contribution in [3.63, 3.8) is 0 Å². The molecule has 128 valence electrons. The summed E-state index contributed by atoms with van der Waals surface area (Å²) in [5, 5.41) is 0. The van der Waals surface area contributed by atoms with Crippen LogP contribution in [0.3, 0.4) is 0 Å². The number of likely N-dealkylation sites (tertiary alicyclic amines) is 1. The molecular formula is C17H24N6O. The van der Waals surface area contributed by atoms with Crippen LogP contribution in [-0.4, -0.2) is 43.8 Å². The molecule has 3 heterocycles. The highest BCUT2D eigenvalue weighted by Gasteiger charge is 2.27. The second-order valence-electron chi connectivity index (χ2n) is 6.77. The Hall–Kier alpha value is -2.44. The third-order valence-corrected chi connectivity index (χ3v) is 4.25. The van der Waals surface area contributed by atoms with Crippen LogP contribution in [0.2, 0.25) is 0 Å². The number of H-pyrrole nitrogens is 1. The lowest BCUT2D eigenvalue weighted by molar-refractivity contribution is 0.0698. The molecule has 1 aliphatic rings. The highest BCUT2D eigenvalue weighted by Crippen LogP contribution is 2.25. The number of carbonyl (C=O) groups is 1. The number of aromatic nitrogens is 4. The minimum absolute atomic E-state index is 0.0784. The molecule has 7 nitrogen and oxygen atoms in total. The first kappa shape index (κ1) is 16.4. The van der Waals surface area contributed by atoms with E-state index in [9.17, 15) is 4.79 Å². The Bertz CT molecular complexity index is 697. The van der Waals surface area contributed by atoms with E-state index in [1.54, 1.807) is 12.3 Å². The molecule has 0 aromatic carbocycles. The molecule has 1 saturated heterocycles. The van der Waals surface area contributed by atoms with Crippen molar-refractivity contribution in [2.75, 3.05) is 18.8 Å². The number of aromatic amines is 1. The predicted octanol–water partition coefficient (Wildman–Crippen LogP) is 2.00. The molecule has 1 aliphatic heterocycles. The first-order valence-corrected chi connectivity index (χ1v) is 8.45. The third-order valence-electron chi connectivity index (χ3n) is 4.25. The number of nitrogen functional groups attached to an aromatic ring is 1. The van der Waals surface area contributed by atoms with Crippen molar-refractivity contribution in [2.24, 2.45) is 5.92 Å². The zero-order valence-corrected chi connectivity index (χ0v) is 14.2. The summed E-state index contributed by atoms with van der Waals surface area (Å²) >= 11 is 0. The monoisotopic (exact) mass is 328 g/mol. The molecule has 1 fully saturated rings. The Labute approximate surface area is 141 Å². The summed E-state index contributed by atoms with van der Waals surface area (Å²) in [7, 11) is 0. The maximum absolute atomic E-state index is 12.9. The maximum atomic E-state index is 12.9. The molecule has 3 rings (SSSR count). The summed E-state index contributed by atoms with van der Waals surface area (Å²) in [6, 6.07) is 1.77. The van der Waals surface area contributed by atoms with E-state index in [2.05, 4.69) is 33.8 Å². The van der Waals surface area contributed by atoms with Gasteiger partial charge in [0.15, 0.2) is 0 Å². The number of rotatable bonds is 4. The van der Waals surface area contributed by atoms with Crippen LogP contribution in [0.25, 0.3) is 0 Å². The molecule has 1 unspecified atom stereocenters. The van der Waals surface area contributed by atoms with Crippen LogP contribution in [0.5, 0.6) is 0 Å². The molecule has 7 heteroatoms. The molecule has 24 heavy (non-hydrogen) atoms. The molecular weight excluding hydrogens is 304 g/mol. The second kappa shape index (κ2) is 6.98. The lowest BCUT2D eigenvalue weighted by atomic mass is 9.97.